The smallest absolute Gasteiger partial charge is 0.354 e. The zero-order valence-corrected chi connectivity index (χ0v) is 12.4. The average molecular weight is 321 g/mol. The number of carboxylic acids is 1. The van der Waals surface area contributed by atoms with Gasteiger partial charge in [-0.1, -0.05) is 12.1 Å². The van der Waals surface area contributed by atoms with Crippen molar-refractivity contribution in [1.82, 2.24) is 0 Å². The van der Waals surface area contributed by atoms with E-state index in [1.165, 1.54) is 18.2 Å². The van der Waals surface area contributed by atoms with E-state index in [4.69, 9.17) is 19.5 Å². The molecule has 0 spiro atoms. The van der Waals surface area contributed by atoms with Gasteiger partial charge >= 0.3 is 11.6 Å². The Kier molecular flexibility index (Phi) is 4.00. The Morgan fingerprint density at radius 3 is 2.79 bits per heavy atom. The highest BCUT2D eigenvalue weighted by Gasteiger charge is 2.07. The van der Waals surface area contributed by atoms with Crippen LogP contribution in [0.2, 0.25) is 0 Å². The number of hydrogen-bond acceptors (Lipinski definition) is 5. The van der Waals surface area contributed by atoms with Crippen LogP contribution in [0.25, 0.3) is 11.0 Å². The lowest BCUT2D eigenvalue weighted by atomic mass is 10.1. The van der Waals surface area contributed by atoms with E-state index < -0.39 is 11.6 Å². The summed E-state index contributed by atoms with van der Waals surface area (Å²) in [4.78, 5) is 22.5. The predicted molar refractivity (Wildman–Crippen MR) is 84.9 cm³/mol. The Balaban J connectivity index is 1.83. The fraction of sp³-hybridized carbons (Fsp3) is 0.0556. The van der Waals surface area contributed by atoms with Crippen LogP contribution in [0.15, 0.2) is 57.7 Å². The fourth-order valence-corrected chi connectivity index (χ4v) is 2.22. The lowest BCUT2D eigenvalue weighted by molar-refractivity contribution is 0.0696. The van der Waals surface area contributed by atoms with Gasteiger partial charge in [0, 0.05) is 11.5 Å². The number of carbonyl (C=O) groups is 1. The molecule has 2 aromatic carbocycles. The summed E-state index contributed by atoms with van der Waals surface area (Å²) in [6.07, 6.45) is 0. The molecule has 0 aliphatic rings. The molecule has 0 aliphatic heterocycles. The summed E-state index contributed by atoms with van der Waals surface area (Å²) in [5, 5.41) is 18.4. The van der Waals surface area contributed by atoms with E-state index in [-0.39, 0.29) is 17.7 Å². The van der Waals surface area contributed by atoms with Crippen molar-refractivity contribution in [2.75, 3.05) is 0 Å². The summed E-state index contributed by atoms with van der Waals surface area (Å²) in [7, 11) is 0. The summed E-state index contributed by atoms with van der Waals surface area (Å²) in [6.45, 7) is 0.174. The van der Waals surface area contributed by atoms with Crippen LogP contribution in [0.4, 0.5) is 0 Å². The van der Waals surface area contributed by atoms with Gasteiger partial charge < -0.3 is 14.3 Å². The SMILES string of the molecule is N#Cc1cc2ccc(OCc3cccc(C(=O)O)c3)cc2oc1=O. The molecule has 0 bridgehead atoms. The fourth-order valence-electron chi connectivity index (χ4n) is 2.22. The zero-order chi connectivity index (χ0) is 17.1. The van der Waals surface area contributed by atoms with Crippen LogP contribution in [0.1, 0.15) is 21.5 Å². The van der Waals surface area contributed by atoms with Crippen molar-refractivity contribution >= 4 is 16.9 Å². The minimum atomic E-state index is -1.00. The molecule has 1 aromatic heterocycles. The molecule has 0 atom stereocenters. The third-order valence-corrected chi connectivity index (χ3v) is 3.41. The van der Waals surface area contributed by atoms with Crippen LogP contribution >= 0.6 is 0 Å². The molecule has 0 aliphatic carbocycles. The molecule has 118 valence electrons. The van der Waals surface area contributed by atoms with Crippen molar-refractivity contribution < 1.29 is 19.1 Å². The van der Waals surface area contributed by atoms with Crippen LogP contribution in [-0.4, -0.2) is 11.1 Å². The third kappa shape index (κ3) is 3.10. The van der Waals surface area contributed by atoms with Gasteiger partial charge in [0.25, 0.3) is 0 Å². The van der Waals surface area contributed by atoms with Gasteiger partial charge in [0.2, 0.25) is 0 Å². The number of ether oxygens (including phenoxy) is 1. The number of nitriles is 1. The minimum Gasteiger partial charge on any atom is -0.489 e. The van der Waals surface area contributed by atoms with Crippen molar-refractivity contribution in [3.8, 4) is 11.8 Å². The van der Waals surface area contributed by atoms with Crippen molar-refractivity contribution in [2.24, 2.45) is 0 Å². The molecule has 1 heterocycles. The first-order chi connectivity index (χ1) is 11.6. The van der Waals surface area contributed by atoms with Gasteiger partial charge in [0.1, 0.15) is 29.6 Å². The molecule has 0 amide bonds. The number of aromatic carboxylic acids is 1. The Morgan fingerprint density at radius 1 is 1.21 bits per heavy atom. The summed E-state index contributed by atoms with van der Waals surface area (Å²) < 4.78 is 10.7. The molecule has 6 nitrogen and oxygen atoms in total. The molecule has 0 unspecified atom stereocenters. The Labute approximate surface area is 136 Å². The van der Waals surface area contributed by atoms with Gasteiger partial charge in [-0.05, 0) is 35.9 Å². The van der Waals surface area contributed by atoms with Crippen LogP contribution in [0.5, 0.6) is 5.75 Å². The second kappa shape index (κ2) is 6.26. The lowest BCUT2D eigenvalue weighted by Crippen LogP contribution is -2.03. The summed E-state index contributed by atoms with van der Waals surface area (Å²) in [5.41, 5.74) is 0.453. The van der Waals surface area contributed by atoms with Crippen molar-refractivity contribution in [3.63, 3.8) is 0 Å². The molecular weight excluding hydrogens is 310 g/mol. The summed E-state index contributed by atoms with van der Waals surface area (Å²) in [6, 6.07) is 14.6. The van der Waals surface area contributed by atoms with Gasteiger partial charge in [-0.3, -0.25) is 0 Å². The van der Waals surface area contributed by atoms with E-state index in [1.807, 2.05) is 0 Å². The minimum absolute atomic E-state index is 0.0540. The summed E-state index contributed by atoms with van der Waals surface area (Å²) in [5.74, 6) is -0.534. The standard InChI is InChI=1S/C18H11NO5/c19-9-14-7-12-4-5-15(8-16(12)24-18(14)22)23-10-11-2-1-3-13(6-11)17(20)21/h1-8H,10H2,(H,20,21). The zero-order valence-electron chi connectivity index (χ0n) is 12.4. The highest BCUT2D eigenvalue weighted by atomic mass is 16.5. The normalized spacial score (nSPS) is 10.3. The predicted octanol–water partition coefficient (Wildman–Crippen LogP) is 2.94. The van der Waals surface area contributed by atoms with E-state index in [9.17, 15) is 9.59 Å². The average Bonchev–Trinajstić information content (AvgIpc) is 2.59. The van der Waals surface area contributed by atoms with E-state index in [1.54, 1.807) is 36.4 Å². The first-order valence-electron chi connectivity index (χ1n) is 7.00. The van der Waals surface area contributed by atoms with Crippen LogP contribution < -0.4 is 10.4 Å². The maximum Gasteiger partial charge on any atom is 0.354 e. The van der Waals surface area contributed by atoms with E-state index in [0.29, 0.717) is 22.3 Å². The number of carboxylic acid groups (broad SMARTS) is 1. The molecule has 24 heavy (non-hydrogen) atoms. The van der Waals surface area contributed by atoms with E-state index in [0.717, 1.165) is 0 Å². The molecular formula is C18H11NO5. The maximum absolute atomic E-state index is 11.6. The van der Waals surface area contributed by atoms with Crippen molar-refractivity contribution in [1.29, 1.82) is 5.26 Å². The van der Waals surface area contributed by atoms with Crippen LogP contribution in [0.3, 0.4) is 0 Å². The van der Waals surface area contributed by atoms with Crippen LogP contribution in [0, 0.1) is 11.3 Å². The lowest BCUT2D eigenvalue weighted by Gasteiger charge is -2.07. The van der Waals surface area contributed by atoms with Gasteiger partial charge in [0.05, 0.1) is 5.56 Å². The van der Waals surface area contributed by atoms with Gasteiger partial charge in [0.15, 0.2) is 0 Å². The van der Waals surface area contributed by atoms with Gasteiger partial charge in [-0.2, -0.15) is 5.26 Å². The van der Waals surface area contributed by atoms with E-state index in [2.05, 4.69) is 0 Å². The number of nitrogens with zero attached hydrogens (tertiary/aromatic N) is 1. The monoisotopic (exact) mass is 321 g/mol. The first-order valence-corrected chi connectivity index (χ1v) is 7.00. The third-order valence-electron chi connectivity index (χ3n) is 3.41. The van der Waals surface area contributed by atoms with Crippen LogP contribution in [-0.2, 0) is 6.61 Å². The highest BCUT2D eigenvalue weighted by molar-refractivity contribution is 5.87. The van der Waals surface area contributed by atoms with Crippen molar-refractivity contribution in [3.05, 3.63) is 75.6 Å². The quantitative estimate of drug-likeness (QED) is 0.741. The molecule has 3 rings (SSSR count). The second-order valence-corrected chi connectivity index (χ2v) is 5.05. The van der Waals surface area contributed by atoms with Crippen molar-refractivity contribution in [2.45, 2.75) is 6.61 Å². The maximum atomic E-state index is 11.6. The highest BCUT2D eigenvalue weighted by Crippen LogP contribution is 2.21. The summed E-state index contributed by atoms with van der Waals surface area (Å²) >= 11 is 0. The molecule has 0 saturated heterocycles. The molecule has 0 saturated carbocycles. The Hall–Kier alpha value is -3.59. The largest absolute Gasteiger partial charge is 0.489 e. The molecule has 0 fully saturated rings. The number of benzene rings is 2. The second-order valence-electron chi connectivity index (χ2n) is 5.05. The number of rotatable bonds is 4. The Bertz CT molecular complexity index is 1030. The molecule has 6 heteroatoms. The number of fused-ring (bicyclic) bond motifs is 1. The molecule has 1 N–H and O–H groups in total. The Morgan fingerprint density at radius 2 is 2.04 bits per heavy atom. The topological polar surface area (TPSA) is 101 Å². The molecule has 0 radical (unpaired) electrons. The number of hydrogen-bond donors (Lipinski definition) is 1. The first kappa shape index (κ1) is 15.3. The van der Waals surface area contributed by atoms with Gasteiger partial charge in [-0.25, -0.2) is 9.59 Å². The van der Waals surface area contributed by atoms with E-state index >= 15 is 0 Å². The van der Waals surface area contributed by atoms with Gasteiger partial charge in [-0.15, -0.1) is 0 Å². The molecule has 3 aromatic rings.